The third kappa shape index (κ3) is 1.70. The highest BCUT2D eigenvalue weighted by Gasteiger charge is 2.21. The summed E-state index contributed by atoms with van der Waals surface area (Å²) in [4.78, 5) is 4.41. The lowest BCUT2D eigenvalue weighted by Crippen LogP contribution is -2.53. The SMILES string of the molecule is C1=NCN(N2CCNCC2)c2ccccc21. The number of benzene rings is 1. The Morgan fingerprint density at radius 2 is 1.94 bits per heavy atom. The molecule has 2 aliphatic rings. The predicted octanol–water partition coefficient (Wildman–Crippen LogP) is 0.703. The Labute approximate surface area is 95.5 Å². The normalized spacial score (nSPS) is 20.9. The van der Waals surface area contributed by atoms with Crippen molar-refractivity contribution in [3.05, 3.63) is 29.8 Å². The van der Waals surface area contributed by atoms with Gasteiger partial charge in [0.2, 0.25) is 0 Å². The Morgan fingerprint density at radius 1 is 1.12 bits per heavy atom. The summed E-state index contributed by atoms with van der Waals surface area (Å²) in [5, 5.41) is 8.04. The molecule has 0 unspecified atom stereocenters. The van der Waals surface area contributed by atoms with Crippen molar-refractivity contribution < 1.29 is 0 Å². The van der Waals surface area contributed by atoms with Gasteiger partial charge in [-0.15, -0.1) is 0 Å². The van der Waals surface area contributed by atoms with Crippen LogP contribution in [0.5, 0.6) is 0 Å². The van der Waals surface area contributed by atoms with Crippen molar-refractivity contribution in [3.8, 4) is 0 Å². The van der Waals surface area contributed by atoms with Crippen LogP contribution in [0.1, 0.15) is 5.56 Å². The molecule has 4 heteroatoms. The van der Waals surface area contributed by atoms with E-state index in [2.05, 4.69) is 44.6 Å². The molecule has 1 aromatic rings. The topological polar surface area (TPSA) is 30.9 Å². The van der Waals surface area contributed by atoms with Gasteiger partial charge in [-0.25, -0.2) is 5.01 Å². The van der Waals surface area contributed by atoms with Gasteiger partial charge in [-0.3, -0.25) is 10.0 Å². The van der Waals surface area contributed by atoms with E-state index < -0.39 is 0 Å². The van der Waals surface area contributed by atoms with Crippen molar-refractivity contribution in [2.75, 3.05) is 37.9 Å². The fourth-order valence-electron chi connectivity index (χ4n) is 2.26. The minimum Gasteiger partial charge on any atom is -0.314 e. The van der Waals surface area contributed by atoms with Gasteiger partial charge in [-0.2, -0.15) is 0 Å². The zero-order valence-electron chi connectivity index (χ0n) is 9.26. The molecule has 0 atom stereocenters. The van der Waals surface area contributed by atoms with Crippen LogP contribution in [0.3, 0.4) is 0 Å². The van der Waals surface area contributed by atoms with Crippen LogP contribution in [0.4, 0.5) is 5.69 Å². The molecule has 0 spiro atoms. The van der Waals surface area contributed by atoms with Crippen molar-refractivity contribution in [1.29, 1.82) is 0 Å². The maximum Gasteiger partial charge on any atom is 0.125 e. The molecule has 1 saturated heterocycles. The first-order chi connectivity index (χ1) is 7.95. The van der Waals surface area contributed by atoms with Gasteiger partial charge in [-0.1, -0.05) is 18.2 Å². The third-order valence-electron chi connectivity index (χ3n) is 3.10. The highest BCUT2D eigenvalue weighted by molar-refractivity contribution is 5.89. The number of hydrogen-bond donors (Lipinski definition) is 1. The summed E-state index contributed by atoms with van der Waals surface area (Å²) < 4.78 is 0. The predicted molar refractivity (Wildman–Crippen MR) is 65.8 cm³/mol. The largest absolute Gasteiger partial charge is 0.314 e. The molecule has 16 heavy (non-hydrogen) atoms. The minimum absolute atomic E-state index is 0.747. The molecule has 2 aliphatic heterocycles. The number of para-hydroxylation sites is 1. The van der Waals surface area contributed by atoms with E-state index in [0.29, 0.717) is 0 Å². The summed E-state index contributed by atoms with van der Waals surface area (Å²) in [5.74, 6) is 0. The number of rotatable bonds is 1. The van der Waals surface area contributed by atoms with Crippen molar-refractivity contribution in [1.82, 2.24) is 10.3 Å². The van der Waals surface area contributed by atoms with Crippen molar-refractivity contribution in [2.24, 2.45) is 4.99 Å². The molecule has 0 saturated carbocycles. The van der Waals surface area contributed by atoms with Crippen LogP contribution in [0.15, 0.2) is 29.3 Å². The average molecular weight is 216 g/mol. The van der Waals surface area contributed by atoms with Gasteiger partial charge in [0.15, 0.2) is 0 Å². The molecule has 0 radical (unpaired) electrons. The molecular formula is C12H16N4. The zero-order chi connectivity index (χ0) is 10.8. The average Bonchev–Trinajstić information content (AvgIpc) is 2.39. The van der Waals surface area contributed by atoms with E-state index in [1.807, 2.05) is 6.21 Å². The van der Waals surface area contributed by atoms with Gasteiger partial charge >= 0.3 is 0 Å². The Morgan fingerprint density at radius 3 is 2.81 bits per heavy atom. The number of aliphatic imine (C=N–C) groups is 1. The molecule has 0 amide bonds. The van der Waals surface area contributed by atoms with E-state index in [9.17, 15) is 0 Å². The fourth-order valence-corrected chi connectivity index (χ4v) is 2.26. The molecular weight excluding hydrogens is 200 g/mol. The number of anilines is 1. The summed E-state index contributed by atoms with van der Waals surface area (Å²) in [6, 6.07) is 8.44. The molecule has 2 heterocycles. The Hall–Kier alpha value is -1.39. The second-order valence-electron chi connectivity index (χ2n) is 4.12. The number of hydrogen-bond acceptors (Lipinski definition) is 4. The highest BCUT2D eigenvalue weighted by Crippen LogP contribution is 2.23. The third-order valence-corrected chi connectivity index (χ3v) is 3.10. The number of fused-ring (bicyclic) bond motifs is 1. The van der Waals surface area contributed by atoms with Crippen LogP contribution in [0.25, 0.3) is 0 Å². The first-order valence-corrected chi connectivity index (χ1v) is 5.77. The smallest absolute Gasteiger partial charge is 0.125 e. The summed E-state index contributed by atoms with van der Waals surface area (Å²) in [5.41, 5.74) is 2.49. The Balaban J connectivity index is 1.88. The highest BCUT2D eigenvalue weighted by atomic mass is 15.6. The lowest BCUT2D eigenvalue weighted by atomic mass is 10.1. The van der Waals surface area contributed by atoms with Gasteiger partial charge < -0.3 is 5.32 Å². The summed E-state index contributed by atoms with van der Waals surface area (Å²) in [6.07, 6.45) is 1.97. The van der Waals surface area contributed by atoms with Crippen LogP contribution < -0.4 is 10.3 Å². The fraction of sp³-hybridized carbons (Fsp3) is 0.417. The van der Waals surface area contributed by atoms with Gasteiger partial charge in [0.1, 0.15) is 6.67 Å². The first kappa shape index (κ1) is 9.81. The summed E-state index contributed by atoms with van der Waals surface area (Å²) in [6.45, 7) is 4.98. The van der Waals surface area contributed by atoms with E-state index in [1.54, 1.807) is 0 Å². The zero-order valence-corrected chi connectivity index (χ0v) is 9.26. The molecule has 84 valence electrons. The molecule has 1 N–H and O–H groups in total. The monoisotopic (exact) mass is 216 g/mol. The molecule has 3 rings (SSSR count). The van der Waals surface area contributed by atoms with Gasteiger partial charge in [0.05, 0.1) is 5.69 Å². The standard InChI is InChI=1S/C12H16N4/c1-2-4-12-11(3-1)9-14-10-16(12)15-7-5-13-6-8-15/h1-4,9,13H,5-8,10H2. The number of nitrogens with one attached hydrogen (secondary N) is 1. The molecule has 0 bridgehead atoms. The molecule has 0 aliphatic carbocycles. The van der Waals surface area contributed by atoms with E-state index in [-0.39, 0.29) is 0 Å². The van der Waals surface area contributed by atoms with Crippen LogP contribution in [0, 0.1) is 0 Å². The van der Waals surface area contributed by atoms with Crippen LogP contribution >= 0.6 is 0 Å². The molecule has 0 aromatic heterocycles. The number of piperazine rings is 1. The van der Waals surface area contributed by atoms with E-state index >= 15 is 0 Å². The van der Waals surface area contributed by atoms with Gasteiger partial charge in [0.25, 0.3) is 0 Å². The quantitative estimate of drug-likeness (QED) is 0.750. The van der Waals surface area contributed by atoms with Gasteiger partial charge in [-0.05, 0) is 6.07 Å². The lowest BCUT2D eigenvalue weighted by Gasteiger charge is -2.39. The van der Waals surface area contributed by atoms with E-state index in [4.69, 9.17) is 0 Å². The number of hydrazine groups is 1. The summed E-state index contributed by atoms with van der Waals surface area (Å²) in [7, 11) is 0. The van der Waals surface area contributed by atoms with Crippen LogP contribution in [-0.2, 0) is 0 Å². The second kappa shape index (κ2) is 4.23. The molecule has 1 fully saturated rings. The molecule has 4 nitrogen and oxygen atoms in total. The van der Waals surface area contributed by atoms with E-state index in [0.717, 1.165) is 32.8 Å². The van der Waals surface area contributed by atoms with Crippen molar-refractivity contribution in [3.63, 3.8) is 0 Å². The van der Waals surface area contributed by atoms with Crippen molar-refractivity contribution in [2.45, 2.75) is 0 Å². The second-order valence-corrected chi connectivity index (χ2v) is 4.12. The summed E-state index contributed by atoms with van der Waals surface area (Å²) >= 11 is 0. The lowest BCUT2D eigenvalue weighted by molar-refractivity contribution is 0.220. The Kier molecular flexibility index (Phi) is 2.60. The number of nitrogens with zero attached hydrogens (tertiary/aromatic N) is 3. The van der Waals surface area contributed by atoms with Crippen LogP contribution in [0.2, 0.25) is 0 Å². The minimum atomic E-state index is 0.747. The van der Waals surface area contributed by atoms with Gasteiger partial charge in [0, 0.05) is 38.0 Å². The molecule has 1 aromatic carbocycles. The van der Waals surface area contributed by atoms with E-state index in [1.165, 1.54) is 11.3 Å². The first-order valence-electron chi connectivity index (χ1n) is 5.77. The maximum atomic E-state index is 4.41. The Bertz CT molecular complexity index is 396. The van der Waals surface area contributed by atoms with Crippen molar-refractivity contribution >= 4 is 11.9 Å². The van der Waals surface area contributed by atoms with Crippen LogP contribution in [-0.4, -0.2) is 44.1 Å². The maximum absolute atomic E-state index is 4.41.